The number of rotatable bonds is 0. The van der Waals surface area contributed by atoms with Gasteiger partial charge in [0, 0.05) is 5.92 Å². The van der Waals surface area contributed by atoms with E-state index in [9.17, 15) is 0 Å². The molecule has 10 heavy (non-hydrogen) atoms. The molecule has 0 spiro atoms. The average Bonchev–Trinajstić information content (AvgIpc) is 2.20. The molecule has 0 aliphatic carbocycles. The van der Waals surface area contributed by atoms with Crippen molar-refractivity contribution in [2.75, 3.05) is 6.61 Å². The van der Waals surface area contributed by atoms with Gasteiger partial charge in [0.15, 0.2) is 0 Å². The van der Waals surface area contributed by atoms with E-state index in [2.05, 4.69) is 20.8 Å². The summed E-state index contributed by atoms with van der Waals surface area (Å²) in [6, 6.07) is 0. The minimum atomic E-state index is 0.0179. The zero-order valence-corrected chi connectivity index (χ0v) is 6.76. The lowest BCUT2D eigenvalue weighted by Crippen LogP contribution is -2.33. The Labute approximate surface area is 61.5 Å². The van der Waals surface area contributed by atoms with Crippen LogP contribution in [-0.4, -0.2) is 24.4 Å². The van der Waals surface area contributed by atoms with Gasteiger partial charge in [-0.15, -0.1) is 0 Å². The Morgan fingerprint density at radius 2 is 2.10 bits per heavy atom. The van der Waals surface area contributed by atoms with Gasteiger partial charge < -0.3 is 9.47 Å². The highest BCUT2D eigenvalue weighted by molar-refractivity contribution is 5.01. The smallest absolute Gasteiger partial charge is 0.0942 e. The molecular formula is C8H14O2. The number of hydrogen-bond acceptors (Lipinski definition) is 2. The van der Waals surface area contributed by atoms with Crippen LogP contribution in [0, 0.1) is 5.92 Å². The highest BCUT2D eigenvalue weighted by Crippen LogP contribution is 2.43. The molecule has 2 bridgehead atoms. The normalized spacial score (nSPS) is 59.7. The molecule has 2 heterocycles. The fourth-order valence-electron chi connectivity index (χ4n) is 2.06. The van der Waals surface area contributed by atoms with E-state index in [1.807, 2.05) is 0 Å². The summed E-state index contributed by atoms with van der Waals surface area (Å²) >= 11 is 0. The number of hydrogen-bond donors (Lipinski definition) is 0. The monoisotopic (exact) mass is 142 g/mol. The Morgan fingerprint density at radius 3 is 2.30 bits per heavy atom. The van der Waals surface area contributed by atoms with Gasteiger partial charge in [-0.1, -0.05) is 6.92 Å². The van der Waals surface area contributed by atoms with E-state index in [0.717, 1.165) is 6.61 Å². The van der Waals surface area contributed by atoms with Crippen molar-refractivity contribution in [3.63, 3.8) is 0 Å². The third kappa shape index (κ3) is 0.611. The highest BCUT2D eigenvalue weighted by atomic mass is 16.6. The van der Waals surface area contributed by atoms with Crippen LogP contribution in [0.15, 0.2) is 0 Å². The van der Waals surface area contributed by atoms with Gasteiger partial charge in [0.2, 0.25) is 0 Å². The lowest BCUT2D eigenvalue weighted by atomic mass is 9.92. The van der Waals surface area contributed by atoms with Crippen LogP contribution in [0.3, 0.4) is 0 Å². The van der Waals surface area contributed by atoms with Crippen molar-refractivity contribution in [3.05, 3.63) is 0 Å². The summed E-state index contributed by atoms with van der Waals surface area (Å²) in [4.78, 5) is 0. The fourth-order valence-corrected chi connectivity index (χ4v) is 2.06. The highest BCUT2D eigenvalue weighted by Gasteiger charge is 2.54. The van der Waals surface area contributed by atoms with Crippen molar-refractivity contribution in [3.8, 4) is 0 Å². The zero-order chi connectivity index (χ0) is 7.35. The number of ether oxygens (including phenoxy) is 2. The molecule has 2 fully saturated rings. The molecule has 2 nitrogen and oxygen atoms in total. The first-order valence-corrected chi connectivity index (χ1v) is 3.93. The summed E-state index contributed by atoms with van der Waals surface area (Å²) in [6.07, 6.45) is 0.652. The zero-order valence-electron chi connectivity index (χ0n) is 6.76. The molecule has 4 atom stereocenters. The van der Waals surface area contributed by atoms with Gasteiger partial charge in [-0.2, -0.15) is 0 Å². The van der Waals surface area contributed by atoms with Gasteiger partial charge >= 0.3 is 0 Å². The molecule has 2 saturated heterocycles. The minimum absolute atomic E-state index is 0.0179. The molecule has 2 aliphatic heterocycles. The van der Waals surface area contributed by atoms with Gasteiger partial charge in [0.05, 0.1) is 24.4 Å². The van der Waals surface area contributed by atoms with Crippen LogP contribution in [-0.2, 0) is 9.47 Å². The molecule has 0 aromatic heterocycles. The second-order valence-corrected chi connectivity index (χ2v) is 3.70. The second-order valence-electron chi connectivity index (χ2n) is 3.70. The van der Waals surface area contributed by atoms with Crippen molar-refractivity contribution in [1.29, 1.82) is 0 Å². The van der Waals surface area contributed by atoms with Crippen LogP contribution < -0.4 is 0 Å². The summed E-state index contributed by atoms with van der Waals surface area (Å²) in [7, 11) is 0. The third-order valence-corrected chi connectivity index (χ3v) is 2.94. The topological polar surface area (TPSA) is 18.5 Å². The van der Waals surface area contributed by atoms with Gasteiger partial charge in [0.25, 0.3) is 0 Å². The Hall–Kier alpha value is -0.0800. The van der Waals surface area contributed by atoms with Crippen molar-refractivity contribution in [2.45, 2.75) is 38.6 Å². The third-order valence-electron chi connectivity index (χ3n) is 2.94. The Morgan fingerprint density at radius 1 is 1.40 bits per heavy atom. The average molecular weight is 142 g/mol. The first-order chi connectivity index (χ1) is 4.63. The Bertz CT molecular complexity index is 157. The molecule has 0 amide bonds. The maximum Gasteiger partial charge on any atom is 0.0942 e. The van der Waals surface area contributed by atoms with E-state index in [-0.39, 0.29) is 5.60 Å². The van der Waals surface area contributed by atoms with E-state index in [1.54, 1.807) is 0 Å². The molecule has 1 unspecified atom stereocenters. The van der Waals surface area contributed by atoms with E-state index in [1.165, 1.54) is 0 Å². The summed E-state index contributed by atoms with van der Waals surface area (Å²) in [5.41, 5.74) is 0.0179. The SMILES string of the molecule is CC1[C@@H]2OC[C@]1(C)O[C@H]2C. The van der Waals surface area contributed by atoms with E-state index in [0.29, 0.717) is 18.1 Å². The van der Waals surface area contributed by atoms with Crippen molar-refractivity contribution in [1.82, 2.24) is 0 Å². The first kappa shape index (κ1) is 6.62. The van der Waals surface area contributed by atoms with Crippen molar-refractivity contribution >= 4 is 0 Å². The lowest BCUT2D eigenvalue weighted by molar-refractivity contribution is -0.128. The van der Waals surface area contributed by atoms with Crippen LogP contribution in [0.2, 0.25) is 0 Å². The van der Waals surface area contributed by atoms with Crippen LogP contribution >= 0.6 is 0 Å². The maximum atomic E-state index is 5.73. The standard InChI is InChI=1S/C8H14O2/c1-5-7-6(2)10-8(5,3)4-9-7/h5-7H,4H2,1-3H3/t5?,6-,7-,8-/m0/s1. The molecule has 58 valence electrons. The van der Waals surface area contributed by atoms with Gasteiger partial charge in [-0.3, -0.25) is 0 Å². The predicted molar refractivity (Wildman–Crippen MR) is 37.9 cm³/mol. The molecule has 2 rings (SSSR count). The quantitative estimate of drug-likeness (QED) is 0.506. The largest absolute Gasteiger partial charge is 0.372 e. The lowest BCUT2D eigenvalue weighted by Gasteiger charge is -2.25. The summed E-state index contributed by atoms with van der Waals surface area (Å²) in [5, 5.41) is 0. The van der Waals surface area contributed by atoms with Crippen LogP contribution in [0.1, 0.15) is 20.8 Å². The molecule has 0 radical (unpaired) electrons. The summed E-state index contributed by atoms with van der Waals surface area (Å²) in [6.45, 7) is 7.22. The molecule has 0 aromatic carbocycles. The number of fused-ring (bicyclic) bond motifs is 2. The van der Waals surface area contributed by atoms with E-state index in [4.69, 9.17) is 9.47 Å². The Balaban J connectivity index is 2.26. The van der Waals surface area contributed by atoms with Crippen molar-refractivity contribution < 1.29 is 9.47 Å². The van der Waals surface area contributed by atoms with Crippen LogP contribution in [0.5, 0.6) is 0 Å². The minimum Gasteiger partial charge on any atom is -0.372 e. The maximum absolute atomic E-state index is 5.73. The van der Waals surface area contributed by atoms with Gasteiger partial charge in [-0.25, -0.2) is 0 Å². The first-order valence-electron chi connectivity index (χ1n) is 3.93. The van der Waals surface area contributed by atoms with Crippen LogP contribution in [0.25, 0.3) is 0 Å². The fraction of sp³-hybridized carbons (Fsp3) is 1.00. The second kappa shape index (κ2) is 1.74. The summed E-state index contributed by atoms with van der Waals surface area (Å²) in [5.74, 6) is 0.572. The van der Waals surface area contributed by atoms with Gasteiger partial charge in [-0.05, 0) is 13.8 Å². The molecule has 0 N–H and O–H groups in total. The molecule has 2 aliphatic rings. The molecule has 2 heteroatoms. The molecule has 0 aromatic rings. The van der Waals surface area contributed by atoms with Crippen LogP contribution in [0.4, 0.5) is 0 Å². The summed E-state index contributed by atoms with van der Waals surface area (Å²) < 4.78 is 11.3. The van der Waals surface area contributed by atoms with Crippen molar-refractivity contribution in [2.24, 2.45) is 5.92 Å². The Kier molecular flexibility index (Phi) is 1.15. The van der Waals surface area contributed by atoms with Gasteiger partial charge in [0.1, 0.15) is 0 Å². The van der Waals surface area contributed by atoms with E-state index >= 15 is 0 Å². The molecule has 0 saturated carbocycles. The predicted octanol–water partition coefficient (Wildman–Crippen LogP) is 1.20. The van der Waals surface area contributed by atoms with E-state index < -0.39 is 0 Å². The molecular weight excluding hydrogens is 128 g/mol.